The summed E-state index contributed by atoms with van der Waals surface area (Å²) in [6.07, 6.45) is 3.22. The maximum absolute atomic E-state index is 12.6. The molecule has 1 N–H and O–H groups in total. The van der Waals surface area contributed by atoms with Crippen LogP contribution < -0.4 is 19.5 Å². The van der Waals surface area contributed by atoms with Gasteiger partial charge in [0, 0.05) is 44.3 Å². The molecule has 0 bridgehead atoms. The lowest BCUT2D eigenvalue weighted by Crippen LogP contribution is -2.43. The number of aromatic nitrogens is 2. The molecule has 2 amide bonds. The first-order chi connectivity index (χ1) is 13.1. The molecule has 1 fully saturated rings. The summed E-state index contributed by atoms with van der Waals surface area (Å²) in [5.74, 6) is 2.48. The zero-order valence-electron chi connectivity index (χ0n) is 15.8. The lowest BCUT2D eigenvalue weighted by Gasteiger charge is -2.32. The van der Waals surface area contributed by atoms with Gasteiger partial charge in [-0.25, -0.2) is 9.78 Å². The zero-order valence-corrected chi connectivity index (χ0v) is 15.8. The van der Waals surface area contributed by atoms with E-state index in [4.69, 9.17) is 14.2 Å². The van der Waals surface area contributed by atoms with Gasteiger partial charge in [-0.15, -0.1) is 0 Å². The molecule has 2 aromatic rings. The van der Waals surface area contributed by atoms with E-state index in [1.54, 1.807) is 49.6 Å². The van der Waals surface area contributed by atoms with E-state index in [-0.39, 0.29) is 12.1 Å². The quantitative estimate of drug-likeness (QED) is 0.869. The van der Waals surface area contributed by atoms with Crippen molar-refractivity contribution in [3.8, 4) is 17.4 Å². The molecular formula is C19H24N4O4. The second-order valence-corrected chi connectivity index (χ2v) is 6.24. The predicted octanol–water partition coefficient (Wildman–Crippen LogP) is 2.88. The van der Waals surface area contributed by atoms with Crippen LogP contribution in [0.2, 0.25) is 0 Å². The highest BCUT2D eigenvalue weighted by Crippen LogP contribution is 2.29. The van der Waals surface area contributed by atoms with Gasteiger partial charge in [-0.1, -0.05) is 0 Å². The van der Waals surface area contributed by atoms with Gasteiger partial charge in [-0.05, 0) is 19.1 Å². The first-order valence-electron chi connectivity index (χ1n) is 8.83. The molecule has 1 aliphatic heterocycles. The normalized spacial score (nSPS) is 14.6. The number of nitrogens with zero attached hydrogens (tertiary/aromatic N) is 3. The number of rotatable bonds is 5. The fourth-order valence-electron chi connectivity index (χ4n) is 2.94. The van der Waals surface area contributed by atoms with E-state index >= 15 is 0 Å². The van der Waals surface area contributed by atoms with Crippen molar-refractivity contribution in [2.24, 2.45) is 0 Å². The van der Waals surface area contributed by atoms with E-state index in [2.05, 4.69) is 15.3 Å². The third-order valence-corrected chi connectivity index (χ3v) is 4.42. The number of aryl methyl sites for hydroxylation is 1. The summed E-state index contributed by atoms with van der Waals surface area (Å²) >= 11 is 0. The summed E-state index contributed by atoms with van der Waals surface area (Å²) in [4.78, 5) is 22.7. The third kappa shape index (κ3) is 4.78. The number of methoxy groups -OCH3 is 2. The highest BCUT2D eigenvalue weighted by atomic mass is 16.5. The van der Waals surface area contributed by atoms with E-state index < -0.39 is 0 Å². The molecule has 1 aromatic carbocycles. The van der Waals surface area contributed by atoms with Crippen molar-refractivity contribution in [1.29, 1.82) is 0 Å². The second kappa shape index (κ2) is 8.57. The Morgan fingerprint density at radius 2 is 1.96 bits per heavy atom. The van der Waals surface area contributed by atoms with E-state index in [1.165, 1.54) is 0 Å². The number of amides is 2. The molecule has 144 valence electrons. The lowest BCUT2D eigenvalue weighted by molar-refractivity contribution is 0.111. The molecule has 3 rings (SSSR count). The van der Waals surface area contributed by atoms with Crippen LogP contribution in [0.4, 0.5) is 10.5 Å². The summed E-state index contributed by atoms with van der Waals surface area (Å²) in [6.45, 7) is 3.05. The lowest BCUT2D eigenvalue weighted by atomic mass is 10.1. The number of carbonyl (C=O) groups is 1. The zero-order chi connectivity index (χ0) is 19.2. The van der Waals surface area contributed by atoms with Crippen molar-refractivity contribution in [3.63, 3.8) is 0 Å². The maximum Gasteiger partial charge on any atom is 0.321 e. The van der Waals surface area contributed by atoms with Gasteiger partial charge in [0.05, 0.1) is 19.9 Å². The number of hydrogen-bond acceptors (Lipinski definition) is 6. The first kappa shape index (κ1) is 18.8. The van der Waals surface area contributed by atoms with Crippen LogP contribution >= 0.6 is 0 Å². The molecule has 8 heteroatoms. The summed E-state index contributed by atoms with van der Waals surface area (Å²) in [5.41, 5.74) is 0.609. The Hall–Kier alpha value is -3.03. The topological polar surface area (TPSA) is 85.8 Å². The number of hydrogen-bond donors (Lipinski definition) is 1. The van der Waals surface area contributed by atoms with Gasteiger partial charge < -0.3 is 24.4 Å². The molecule has 0 radical (unpaired) electrons. The number of piperidine rings is 1. The standard InChI is InChI=1S/C19H24N4O4/c1-13-20-9-6-18(21-13)27-14-7-10-23(11-8-14)19(24)22-16-5-4-15(25-2)12-17(16)26-3/h4-6,9,12,14H,7-8,10-11H2,1-3H3,(H,22,24). The minimum atomic E-state index is -0.158. The van der Waals surface area contributed by atoms with Gasteiger partial charge in [-0.2, -0.15) is 4.98 Å². The highest BCUT2D eigenvalue weighted by molar-refractivity contribution is 5.91. The van der Waals surface area contributed by atoms with Gasteiger partial charge in [0.2, 0.25) is 5.88 Å². The number of ether oxygens (including phenoxy) is 3. The maximum atomic E-state index is 12.6. The van der Waals surface area contributed by atoms with Gasteiger partial charge in [0.15, 0.2) is 0 Å². The molecule has 1 aliphatic rings. The summed E-state index contributed by atoms with van der Waals surface area (Å²) in [7, 11) is 3.14. The molecular weight excluding hydrogens is 348 g/mol. The van der Waals surface area contributed by atoms with Crippen molar-refractivity contribution in [2.75, 3.05) is 32.6 Å². The largest absolute Gasteiger partial charge is 0.497 e. The molecule has 0 aliphatic carbocycles. The number of benzene rings is 1. The second-order valence-electron chi connectivity index (χ2n) is 6.24. The van der Waals surface area contributed by atoms with Crippen molar-refractivity contribution in [2.45, 2.75) is 25.9 Å². The Bertz CT molecular complexity index is 791. The molecule has 1 aromatic heterocycles. The molecule has 27 heavy (non-hydrogen) atoms. The summed E-state index contributed by atoms with van der Waals surface area (Å²) in [6, 6.07) is 6.88. The van der Waals surface area contributed by atoms with E-state index in [0.29, 0.717) is 42.0 Å². The third-order valence-electron chi connectivity index (χ3n) is 4.42. The Morgan fingerprint density at radius 1 is 1.19 bits per heavy atom. The van der Waals surface area contributed by atoms with E-state index in [1.807, 2.05) is 6.92 Å². The summed E-state index contributed by atoms with van der Waals surface area (Å²) in [5, 5.41) is 2.90. The van der Waals surface area contributed by atoms with E-state index in [0.717, 1.165) is 12.8 Å². The van der Waals surface area contributed by atoms with Crippen LogP contribution in [0.1, 0.15) is 18.7 Å². The predicted molar refractivity (Wildman–Crippen MR) is 101 cm³/mol. The number of urea groups is 1. The Balaban J connectivity index is 1.54. The molecule has 0 saturated carbocycles. The average molecular weight is 372 g/mol. The molecule has 0 unspecified atom stereocenters. The Labute approximate surface area is 158 Å². The van der Waals surface area contributed by atoms with Crippen LogP contribution in [0.25, 0.3) is 0 Å². The molecule has 1 saturated heterocycles. The molecule has 0 atom stereocenters. The number of nitrogens with one attached hydrogen (secondary N) is 1. The van der Waals surface area contributed by atoms with Crippen LogP contribution in [0.15, 0.2) is 30.5 Å². The van der Waals surface area contributed by atoms with Crippen LogP contribution in [0.5, 0.6) is 17.4 Å². The molecule has 0 spiro atoms. The molecule has 8 nitrogen and oxygen atoms in total. The Morgan fingerprint density at radius 3 is 2.63 bits per heavy atom. The van der Waals surface area contributed by atoms with Crippen LogP contribution in [0, 0.1) is 6.92 Å². The van der Waals surface area contributed by atoms with Gasteiger partial charge in [0.25, 0.3) is 0 Å². The molecule has 2 heterocycles. The minimum absolute atomic E-state index is 0.0406. The monoisotopic (exact) mass is 372 g/mol. The number of carbonyl (C=O) groups excluding carboxylic acids is 1. The summed E-state index contributed by atoms with van der Waals surface area (Å²) < 4.78 is 16.4. The number of likely N-dealkylation sites (tertiary alicyclic amines) is 1. The van der Waals surface area contributed by atoms with E-state index in [9.17, 15) is 4.79 Å². The fraction of sp³-hybridized carbons (Fsp3) is 0.421. The smallest absolute Gasteiger partial charge is 0.321 e. The number of anilines is 1. The minimum Gasteiger partial charge on any atom is -0.497 e. The van der Waals surface area contributed by atoms with Crippen molar-refractivity contribution in [1.82, 2.24) is 14.9 Å². The highest BCUT2D eigenvalue weighted by Gasteiger charge is 2.25. The fourth-order valence-corrected chi connectivity index (χ4v) is 2.94. The van der Waals surface area contributed by atoms with Crippen LogP contribution in [-0.4, -0.2) is 54.3 Å². The Kier molecular flexibility index (Phi) is 5.95. The first-order valence-corrected chi connectivity index (χ1v) is 8.83. The van der Waals surface area contributed by atoms with Crippen molar-refractivity contribution >= 4 is 11.7 Å². The van der Waals surface area contributed by atoms with Crippen molar-refractivity contribution < 1.29 is 19.0 Å². The van der Waals surface area contributed by atoms with Crippen molar-refractivity contribution in [3.05, 3.63) is 36.3 Å². The van der Waals surface area contributed by atoms with Gasteiger partial charge >= 0.3 is 6.03 Å². The van der Waals surface area contributed by atoms with Crippen LogP contribution in [-0.2, 0) is 0 Å². The SMILES string of the molecule is COc1ccc(NC(=O)N2CCC(Oc3ccnc(C)n3)CC2)c(OC)c1. The van der Waals surface area contributed by atoms with Gasteiger partial charge in [0.1, 0.15) is 23.4 Å². The van der Waals surface area contributed by atoms with Crippen LogP contribution in [0.3, 0.4) is 0 Å². The van der Waals surface area contributed by atoms with Gasteiger partial charge in [-0.3, -0.25) is 0 Å². The average Bonchev–Trinajstić information content (AvgIpc) is 2.69.